The van der Waals surface area contributed by atoms with Crippen LogP contribution in [0.4, 0.5) is 5.69 Å². The van der Waals surface area contributed by atoms with Crippen molar-refractivity contribution in [2.45, 2.75) is 27.2 Å². The lowest BCUT2D eigenvalue weighted by atomic mass is 10.0. The van der Waals surface area contributed by atoms with Crippen molar-refractivity contribution in [3.05, 3.63) is 69.0 Å². The van der Waals surface area contributed by atoms with Crippen molar-refractivity contribution < 1.29 is 9.53 Å². The van der Waals surface area contributed by atoms with E-state index in [2.05, 4.69) is 48.2 Å². The summed E-state index contributed by atoms with van der Waals surface area (Å²) in [5, 5.41) is 3.17. The van der Waals surface area contributed by atoms with Gasteiger partial charge in [-0.1, -0.05) is 18.2 Å². The number of rotatable bonds is 7. The zero-order valence-corrected chi connectivity index (χ0v) is 21.2. The number of nitrogens with zero attached hydrogens (tertiary/aromatic N) is 4. The lowest BCUT2D eigenvalue weighted by Crippen LogP contribution is -2.40. The Bertz CT molecular complexity index is 1160. The summed E-state index contributed by atoms with van der Waals surface area (Å²) in [7, 11) is 2.02. The molecule has 1 fully saturated rings. The predicted octanol–water partition coefficient (Wildman–Crippen LogP) is 5.10. The molecule has 1 amide bonds. The summed E-state index contributed by atoms with van der Waals surface area (Å²) < 4.78 is 5.34. The Morgan fingerprint density at radius 2 is 1.91 bits per heavy atom. The minimum absolute atomic E-state index is 0.0637. The quantitative estimate of drug-likeness (QED) is 0.352. The summed E-state index contributed by atoms with van der Waals surface area (Å²) in [4.78, 5) is 26.1. The Labute approximate surface area is 205 Å². The highest BCUT2D eigenvalue weighted by atomic mass is 32.1. The highest BCUT2D eigenvalue weighted by Gasteiger charge is 2.18. The monoisotopic (exact) mass is 476 g/mol. The molecule has 1 aromatic heterocycles. The number of aliphatic imine (C=N–C) groups is 1. The summed E-state index contributed by atoms with van der Waals surface area (Å²) >= 11 is 1.67. The molecule has 6 nitrogen and oxygen atoms in total. The third-order valence-electron chi connectivity index (χ3n) is 6.17. The van der Waals surface area contributed by atoms with E-state index in [1.54, 1.807) is 11.3 Å². The fourth-order valence-corrected chi connectivity index (χ4v) is 4.68. The lowest BCUT2D eigenvalue weighted by molar-refractivity contribution is 0.0303. The van der Waals surface area contributed by atoms with Gasteiger partial charge in [0, 0.05) is 49.6 Å². The number of aromatic nitrogens is 1. The van der Waals surface area contributed by atoms with E-state index in [4.69, 9.17) is 9.72 Å². The molecular weight excluding hydrogens is 444 g/mol. The van der Waals surface area contributed by atoms with Crippen molar-refractivity contribution in [3.8, 4) is 11.3 Å². The summed E-state index contributed by atoms with van der Waals surface area (Å²) in [6, 6.07) is 12.2. The predicted molar refractivity (Wildman–Crippen MR) is 139 cm³/mol. The van der Waals surface area contributed by atoms with Crippen molar-refractivity contribution in [2.24, 2.45) is 4.99 Å². The molecule has 0 N–H and O–H groups in total. The first kappa shape index (κ1) is 24.1. The summed E-state index contributed by atoms with van der Waals surface area (Å²) in [6.07, 6.45) is 2.68. The van der Waals surface area contributed by atoms with Gasteiger partial charge in [0.2, 0.25) is 0 Å². The van der Waals surface area contributed by atoms with Crippen LogP contribution < -0.4 is 0 Å². The molecule has 2 aromatic carbocycles. The summed E-state index contributed by atoms with van der Waals surface area (Å²) in [5.74, 6) is 0.0637. The molecule has 1 aliphatic heterocycles. The normalized spacial score (nSPS) is 14.1. The number of carbonyl (C=O) groups excluding carboxylic acids is 1. The largest absolute Gasteiger partial charge is 0.378 e. The van der Waals surface area contributed by atoms with Crippen LogP contribution in [-0.4, -0.2) is 66.9 Å². The minimum atomic E-state index is 0.0637. The second-order valence-corrected chi connectivity index (χ2v) is 9.61. The van der Waals surface area contributed by atoms with Crippen LogP contribution in [-0.2, 0) is 11.2 Å². The third-order valence-corrected chi connectivity index (χ3v) is 7.02. The number of aryl methyl sites for hydroxylation is 2. The van der Waals surface area contributed by atoms with Crippen molar-refractivity contribution in [1.82, 2.24) is 14.8 Å². The van der Waals surface area contributed by atoms with Crippen molar-refractivity contribution in [2.75, 3.05) is 39.9 Å². The zero-order valence-electron chi connectivity index (χ0n) is 20.4. The number of hydrogen-bond donors (Lipinski definition) is 0. The second kappa shape index (κ2) is 10.9. The minimum Gasteiger partial charge on any atom is -0.378 e. The van der Waals surface area contributed by atoms with Crippen molar-refractivity contribution in [1.29, 1.82) is 0 Å². The Morgan fingerprint density at radius 3 is 2.62 bits per heavy atom. The van der Waals surface area contributed by atoms with Crippen LogP contribution in [0.25, 0.3) is 11.3 Å². The van der Waals surface area contributed by atoms with Gasteiger partial charge in [0.05, 0.1) is 35.9 Å². The Kier molecular flexibility index (Phi) is 7.75. The Hall–Kier alpha value is -3.03. The number of benzene rings is 2. The molecule has 0 atom stereocenters. The molecule has 1 aliphatic rings. The molecule has 0 aliphatic carbocycles. The van der Waals surface area contributed by atoms with Crippen LogP contribution in [0.3, 0.4) is 0 Å². The molecule has 7 heteroatoms. The topological polar surface area (TPSA) is 58.0 Å². The molecular formula is C27H32N4O2S. The fourth-order valence-electron chi connectivity index (χ4n) is 3.85. The Balaban J connectivity index is 1.45. The SMILES string of the molecule is CCN(C)C=Nc1cc(C)c(Cc2nc(-c3ccc(C(=O)N4CCOCC4)cc3)cs2)cc1C. The van der Waals surface area contributed by atoms with Crippen LogP contribution >= 0.6 is 11.3 Å². The van der Waals surface area contributed by atoms with E-state index >= 15 is 0 Å². The van der Waals surface area contributed by atoms with E-state index < -0.39 is 0 Å². The molecule has 1 saturated heterocycles. The number of hydrogen-bond acceptors (Lipinski definition) is 5. The van der Waals surface area contributed by atoms with Crippen molar-refractivity contribution >= 4 is 29.3 Å². The van der Waals surface area contributed by atoms with E-state index in [0.717, 1.165) is 34.9 Å². The highest BCUT2D eigenvalue weighted by Crippen LogP contribution is 2.28. The molecule has 0 saturated carbocycles. The molecule has 3 aromatic rings. The van der Waals surface area contributed by atoms with E-state index in [9.17, 15) is 4.79 Å². The molecule has 0 unspecified atom stereocenters. The third kappa shape index (κ3) is 5.72. The first-order chi connectivity index (χ1) is 16.4. The second-order valence-electron chi connectivity index (χ2n) is 8.67. The maximum absolute atomic E-state index is 12.7. The molecule has 0 spiro atoms. The van der Waals surface area contributed by atoms with Gasteiger partial charge in [-0.2, -0.15) is 0 Å². The maximum atomic E-state index is 12.7. The number of carbonyl (C=O) groups is 1. The Morgan fingerprint density at radius 1 is 1.18 bits per heavy atom. The van der Waals surface area contributed by atoms with E-state index in [1.165, 1.54) is 16.7 Å². The molecule has 2 heterocycles. The lowest BCUT2D eigenvalue weighted by Gasteiger charge is -2.26. The first-order valence-corrected chi connectivity index (χ1v) is 12.6. The number of morpholine rings is 1. The maximum Gasteiger partial charge on any atom is 0.254 e. The van der Waals surface area contributed by atoms with E-state index in [-0.39, 0.29) is 5.91 Å². The molecule has 4 rings (SSSR count). The van der Waals surface area contributed by atoms with Crippen molar-refractivity contribution in [3.63, 3.8) is 0 Å². The zero-order chi connectivity index (χ0) is 24.1. The summed E-state index contributed by atoms with van der Waals surface area (Å²) in [5.41, 5.74) is 7.35. The molecule has 0 bridgehead atoms. The van der Waals surface area contributed by atoms with Gasteiger partial charge < -0.3 is 14.5 Å². The van der Waals surface area contributed by atoms with Crippen LogP contribution in [0.2, 0.25) is 0 Å². The van der Waals surface area contributed by atoms with E-state index in [0.29, 0.717) is 31.9 Å². The van der Waals surface area contributed by atoms with Gasteiger partial charge in [-0.05, 0) is 55.7 Å². The van der Waals surface area contributed by atoms with Gasteiger partial charge in [0.15, 0.2) is 0 Å². The average molecular weight is 477 g/mol. The van der Waals surface area contributed by atoms with Crippen LogP contribution in [0.5, 0.6) is 0 Å². The van der Waals surface area contributed by atoms with Gasteiger partial charge in [0.1, 0.15) is 0 Å². The smallest absolute Gasteiger partial charge is 0.254 e. The standard InChI is InChI=1S/C27H32N4O2S/c1-5-30(4)18-28-24-15-19(2)23(14-20(24)3)16-26-29-25(17-34-26)21-6-8-22(9-7-21)27(32)31-10-12-33-13-11-31/h6-9,14-15,17-18H,5,10-13,16H2,1-4H3. The molecule has 178 valence electrons. The van der Waals surface area contributed by atoms with Gasteiger partial charge in [-0.3, -0.25) is 4.79 Å². The fraction of sp³-hybridized carbons (Fsp3) is 0.370. The van der Waals surface area contributed by atoms with Crippen LogP contribution in [0.15, 0.2) is 46.8 Å². The molecule has 0 radical (unpaired) electrons. The van der Waals surface area contributed by atoms with Gasteiger partial charge >= 0.3 is 0 Å². The van der Waals surface area contributed by atoms with Gasteiger partial charge in [0.25, 0.3) is 5.91 Å². The van der Waals surface area contributed by atoms with Crippen LogP contribution in [0.1, 0.15) is 39.0 Å². The average Bonchev–Trinajstić information content (AvgIpc) is 3.33. The highest BCUT2D eigenvalue weighted by molar-refractivity contribution is 7.10. The summed E-state index contributed by atoms with van der Waals surface area (Å²) in [6.45, 7) is 9.79. The number of ether oxygens (including phenoxy) is 1. The van der Waals surface area contributed by atoms with Gasteiger partial charge in [-0.25, -0.2) is 9.98 Å². The number of amides is 1. The van der Waals surface area contributed by atoms with Crippen LogP contribution in [0, 0.1) is 13.8 Å². The first-order valence-electron chi connectivity index (χ1n) is 11.7. The number of thiazole rings is 1. The molecule has 34 heavy (non-hydrogen) atoms. The van der Waals surface area contributed by atoms with E-state index in [1.807, 2.05) is 42.6 Å². The van der Waals surface area contributed by atoms with Gasteiger partial charge in [-0.15, -0.1) is 11.3 Å².